The lowest BCUT2D eigenvalue weighted by Gasteiger charge is -2.18. The van der Waals surface area contributed by atoms with Crippen LogP contribution in [0.1, 0.15) is 16.4 Å². The fraction of sp³-hybridized carbons (Fsp3) is 0.0588. The minimum Gasteiger partial charge on any atom is -0.457 e. The summed E-state index contributed by atoms with van der Waals surface area (Å²) < 4.78 is 5.85. The summed E-state index contributed by atoms with van der Waals surface area (Å²) >= 11 is 1.45. The minimum absolute atomic E-state index is 0.0756. The van der Waals surface area contributed by atoms with Crippen LogP contribution in [0.3, 0.4) is 0 Å². The number of amides is 2. The lowest BCUT2D eigenvalue weighted by molar-refractivity contribution is -0.116. The van der Waals surface area contributed by atoms with Crippen LogP contribution < -0.4 is 15.4 Å². The van der Waals surface area contributed by atoms with E-state index in [-0.39, 0.29) is 11.8 Å². The molecule has 0 aliphatic rings. The second kappa shape index (κ2) is 13.3. The molecule has 5 nitrogen and oxygen atoms in total. The van der Waals surface area contributed by atoms with E-state index >= 15 is 0 Å². The Balaban J connectivity index is 1.23. The maximum absolute atomic E-state index is 13.5. The quantitative estimate of drug-likeness (QED) is 0.174. The predicted molar refractivity (Wildman–Crippen MR) is 162 cm³/mol. The molecule has 0 aromatic heterocycles. The van der Waals surface area contributed by atoms with Gasteiger partial charge in [-0.15, -0.1) is 11.8 Å². The van der Waals surface area contributed by atoms with Crippen LogP contribution in [0.15, 0.2) is 144 Å². The topological polar surface area (TPSA) is 67.4 Å². The maximum atomic E-state index is 13.5. The molecule has 5 rings (SSSR count). The number of hydrogen-bond donors (Lipinski definition) is 2. The van der Waals surface area contributed by atoms with Crippen molar-refractivity contribution >= 4 is 35.0 Å². The van der Waals surface area contributed by atoms with Gasteiger partial charge in [0.05, 0.1) is 6.42 Å². The molecule has 0 heterocycles. The highest BCUT2D eigenvalue weighted by atomic mass is 32.2. The molecule has 2 N–H and O–H groups in total. The van der Waals surface area contributed by atoms with E-state index in [4.69, 9.17) is 4.74 Å². The lowest BCUT2D eigenvalue weighted by Crippen LogP contribution is -2.19. The monoisotopic (exact) mass is 544 g/mol. The first kappa shape index (κ1) is 26.8. The van der Waals surface area contributed by atoms with E-state index in [0.29, 0.717) is 23.5 Å². The molecule has 0 fully saturated rings. The van der Waals surface area contributed by atoms with Gasteiger partial charge in [-0.25, -0.2) is 0 Å². The van der Waals surface area contributed by atoms with Crippen molar-refractivity contribution in [1.82, 2.24) is 0 Å². The Labute approximate surface area is 238 Å². The second-order valence-electron chi connectivity index (χ2n) is 9.07. The molecule has 5 aromatic rings. The second-order valence-corrected chi connectivity index (χ2v) is 10.3. The van der Waals surface area contributed by atoms with Crippen LogP contribution in [0.2, 0.25) is 0 Å². The van der Waals surface area contributed by atoms with E-state index in [0.717, 1.165) is 21.8 Å². The van der Waals surface area contributed by atoms with Crippen molar-refractivity contribution in [2.45, 2.75) is 16.6 Å². The van der Waals surface area contributed by atoms with Gasteiger partial charge in [0.1, 0.15) is 16.7 Å². The average molecular weight is 545 g/mol. The number of anilines is 2. The van der Waals surface area contributed by atoms with Crippen molar-refractivity contribution in [3.63, 3.8) is 0 Å². The number of carbonyl (C=O) groups is 2. The molecular weight excluding hydrogens is 516 g/mol. The van der Waals surface area contributed by atoms with Gasteiger partial charge in [0.15, 0.2) is 0 Å². The van der Waals surface area contributed by atoms with Gasteiger partial charge in [0.2, 0.25) is 11.8 Å². The summed E-state index contributed by atoms with van der Waals surface area (Å²) in [5.74, 6) is 1.23. The van der Waals surface area contributed by atoms with E-state index in [2.05, 4.69) is 10.6 Å². The molecule has 0 radical (unpaired) electrons. The Kier molecular flexibility index (Phi) is 8.91. The van der Waals surface area contributed by atoms with Gasteiger partial charge in [-0.2, -0.15) is 0 Å². The van der Waals surface area contributed by atoms with Crippen molar-refractivity contribution in [3.8, 4) is 11.5 Å². The molecule has 0 spiro atoms. The number of carbonyl (C=O) groups excluding carboxylic acids is 2. The van der Waals surface area contributed by atoms with E-state index in [1.807, 2.05) is 140 Å². The standard InChI is InChI=1S/C34H28N2O3S/c37-32(24-25-10-4-1-5-11-25)35-27-18-22-31(23-19-27)40-33(26-12-6-2-7-13-26)34(38)36-28-16-20-30(21-17-28)39-29-14-8-3-9-15-29/h1-23,33H,24H2,(H,35,37)(H,36,38). The fourth-order valence-corrected chi connectivity index (χ4v) is 5.10. The average Bonchev–Trinajstić information content (AvgIpc) is 2.99. The van der Waals surface area contributed by atoms with Crippen LogP contribution in [-0.4, -0.2) is 11.8 Å². The van der Waals surface area contributed by atoms with Gasteiger partial charge in [0, 0.05) is 16.3 Å². The summed E-state index contributed by atoms with van der Waals surface area (Å²) in [6, 6.07) is 43.7. The molecule has 198 valence electrons. The van der Waals surface area contributed by atoms with Crippen LogP contribution in [0.4, 0.5) is 11.4 Å². The van der Waals surface area contributed by atoms with Gasteiger partial charge in [0.25, 0.3) is 0 Å². The fourth-order valence-electron chi connectivity index (χ4n) is 4.08. The predicted octanol–water partition coefficient (Wildman–Crippen LogP) is 8.13. The zero-order chi connectivity index (χ0) is 27.6. The Bertz CT molecular complexity index is 1530. The molecule has 0 saturated carbocycles. The van der Waals surface area contributed by atoms with Crippen LogP contribution in [0.25, 0.3) is 0 Å². The Morgan fingerprint density at radius 2 is 1.12 bits per heavy atom. The number of rotatable bonds is 10. The van der Waals surface area contributed by atoms with Gasteiger partial charge < -0.3 is 15.4 Å². The van der Waals surface area contributed by atoms with E-state index in [1.54, 1.807) is 0 Å². The molecule has 6 heteroatoms. The zero-order valence-corrected chi connectivity index (χ0v) is 22.5. The highest BCUT2D eigenvalue weighted by molar-refractivity contribution is 8.00. The Hall–Kier alpha value is -4.81. The SMILES string of the molecule is O=C(Cc1ccccc1)Nc1ccc(SC(C(=O)Nc2ccc(Oc3ccccc3)cc2)c2ccccc2)cc1. The van der Waals surface area contributed by atoms with Gasteiger partial charge in [-0.05, 0) is 71.8 Å². The number of hydrogen-bond acceptors (Lipinski definition) is 4. The van der Waals surface area contributed by atoms with Crippen molar-refractivity contribution < 1.29 is 14.3 Å². The van der Waals surface area contributed by atoms with Gasteiger partial charge in [-0.1, -0.05) is 78.9 Å². The third kappa shape index (κ3) is 7.62. The van der Waals surface area contributed by atoms with Crippen molar-refractivity contribution in [2.75, 3.05) is 10.6 Å². The summed E-state index contributed by atoms with van der Waals surface area (Å²) in [5.41, 5.74) is 3.25. The first-order chi connectivity index (χ1) is 19.6. The summed E-state index contributed by atoms with van der Waals surface area (Å²) in [6.45, 7) is 0. The first-order valence-corrected chi connectivity index (χ1v) is 13.8. The molecule has 0 aliphatic carbocycles. The van der Waals surface area contributed by atoms with Gasteiger partial charge in [-0.3, -0.25) is 9.59 Å². The lowest BCUT2D eigenvalue weighted by atomic mass is 10.1. The Morgan fingerprint density at radius 3 is 1.77 bits per heavy atom. The normalized spacial score (nSPS) is 11.3. The summed E-state index contributed by atoms with van der Waals surface area (Å²) in [4.78, 5) is 26.8. The number of ether oxygens (including phenoxy) is 1. The minimum atomic E-state index is -0.472. The van der Waals surface area contributed by atoms with E-state index in [1.165, 1.54) is 11.8 Å². The molecule has 0 saturated heterocycles. The van der Waals surface area contributed by atoms with E-state index in [9.17, 15) is 9.59 Å². The third-order valence-corrected chi connectivity index (χ3v) is 7.31. The largest absolute Gasteiger partial charge is 0.457 e. The number of thioether (sulfide) groups is 1. The first-order valence-electron chi connectivity index (χ1n) is 12.9. The third-order valence-electron chi connectivity index (χ3n) is 6.04. The van der Waals surface area contributed by atoms with Crippen LogP contribution in [0, 0.1) is 0 Å². The molecule has 1 atom stereocenters. The number of para-hydroxylation sites is 1. The van der Waals surface area contributed by atoms with Crippen LogP contribution in [-0.2, 0) is 16.0 Å². The summed E-state index contributed by atoms with van der Waals surface area (Å²) in [5, 5.41) is 5.51. The Morgan fingerprint density at radius 1 is 0.600 bits per heavy atom. The van der Waals surface area contributed by atoms with Crippen molar-refractivity contribution in [3.05, 3.63) is 151 Å². The molecular formula is C34H28N2O3S. The highest BCUT2D eigenvalue weighted by Gasteiger charge is 2.22. The highest BCUT2D eigenvalue weighted by Crippen LogP contribution is 2.37. The van der Waals surface area contributed by atoms with Crippen LogP contribution in [0.5, 0.6) is 11.5 Å². The summed E-state index contributed by atoms with van der Waals surface area (Å²) in [6.07, 6.45) is 0.312. The molecule has 0 aliphatic heterocycles. The van der Waals surface area contributed by atoms with E-state index < -0.39 is 5.25 Å². The van der Waals surface area contributed by atoms with Crippen molar-refractivity contribution in [1.29, 1.82) is 0 Å². The molecule has 0 bridgehead atoms. The summed E-state index contributed by atoms with van der Waals surface area (Å²) in [7, 11) is 0. The number of nitrogens with one attached hydrogen (secondary N) is 2. The molecule has 5 aromatic carbocycles. The smallest absolute Gasteiger partial charge is 0.242 e. The molecule has 40 heavy (non-hydrogen) atoms. The van der Waals surface area contributed by atoms with Gasteiger partial charge >= 0.3 is 0 Å². The molecule has 2 amide bonds. The van der Waals surface area contributed by atoms with Crippen molar-refractivity contribution in [2.24, 2.45) is 0 Å². The zero-order valence-electron chi connectivity index (χ0n) is 21.7. The number of benzene rings is 5. The molecule has 1 unspecified atom stereocenters. The van der Waals surface area contributed by atoms with Crippen LogP contribution >= 0.6 is 11.8 Å². The maximum Gasteiger partial charge on any atom is 0.242 e.